The summed E-state index contributed by atoms with van der Waals surface area (Å²) >= 11 is 3.38. The lowest BCUT2D eigenvalue weighted by atomic mass is 9.89. The zero-order chi connectivity index (χ0) is 15.7. The fraction of sp³-hybridized carbons (Fsp3) is 0.467. The van der Waals surface area contributed by atoms with Crippen LogP contribution >= 0.6 is 15.9 Å². The van der Waals surface area contributed by atoms with Crippen molar-refractivity contribution in [3.63, 3.8) is 0 Å². The Kier molecular flexibility index (Phi) is 4.35. The zero-order valence-electron chi connectivity index (χ0n) is 12.1. The van der Waals surface area contributed by atoms with Crippen LogP contribution in [-0.4, -0.2) is 31.4 Å². The van der Waals surface area contributed by atoms with Gasteiger partial charge in [0.15, 0.2) is 17.6 Å². The van der Waals surface area contributed by atoms with Crippen LogP contribution in [0.5, 0.6) is 11.5 Å². The topological polar surface area (TPSA) is 70.8 Å². The second-order valence-electron chi connectivity index (χ2n) is 5.34. The Bertz CT molecular complexity index is 625. The van der Waals surface area contributed by atoms with Crippen LogP contribution in [-0.2, 0) is 4.74 Å². The average molecular weight is 370 g/mol. The van der Waals surface area contributed by atoms with Crippen LogP contribution in [0.15, 0.2) is 22.3 Å². The molecule has 6 nitrogen and oxygen atoms in total. The molecule has 0 spiro atoms. The van der Waals surface area contributed by atoms with Gasteiger partial charge in [0.1, 0.15) is 0 Å². The Morgan fingerprint density at radius 3 is 2.73 bits per heavy atom. The summed E-state index contributed by atoms with van der Waals surface area (Å²) in [5.41, 5.74) is 0.751. The first-order valence-corrected chi connectivity index (χ1v) is 7.87. The van der Waals surface area contributed by atoms with Crippen LogP contribution in [0.25, 0.3) is 6.08 Å². The number of nitrogens with zero attached hydrogens (tertiary/aromatic N) is 1. The molecule has 2 aliphatic rings. The molecule has 0 aromatic heterocycles. The van der Waals surface area contributed by atoms with Gasteiger partial charge in [-0.25, -0.2) is 0 Å². The van der Waals surface area contributed by atoms with E-state index in [-0.39, 0.29) is 16.5 Å². The van der Waals surface area contributed by atoms with E-state index < -0.39 is 6.10 Å². The largest absolute Gasteiger partial charge is 0.493 e. The van der Waals surface area contributed by atoms with Crippen molar-refractivity contribution >= 4 is 22.0 Å². The van der Waals surface area contributed by atoms with Gasteiger partial charge >= 0.3 is 0 Å². The monoisotopic (exact) mass is 369 g/mol. The van der Waals surface area contributed by atoms with Crippen LogP contribution < -0.4 is 9.47 Å². The summed E-state index contributed by atoms with van der Waals surface area (Å²) in [5, 5.41) is 11.4. The molecule has 7 heteroatoms. The second kappa shape index (κ2) is 6.26. The van der Waals surface area contributed by atoms with Crippen molar-refractivity contribution in [3.05, 3.63) is 38.0 Å². The van der Waals surface area contributed by atoms with E-state index in [0.717, 1.165) is 17.3 Å². The summed E-state index contributed by atoms with van der Waals surface area (Å²) < 4.78 is 17.5. The highest BCUT2D eigenvalue weighted by molar-refractivity contribution is 9.10. The molecule has 1 aromatic rings. The van der Waals surface area contributed by atoms with Gasteiger partial charge in [-0.15, -0.1) is 0 Å². The second-order valence-corrected chi connectivity index (χ2v) is 6.26. The van der Waals surface area contributed by atoms with Crippen molar-refractivity contribution in [1.82, 2.24) is 0 Å². The van der Waals surface area contributed by atoms with Gasteiger partial charge in [0, 0.05) is 35.2 Å². The number of methoxy groups -OCH3 is 1. The van der Waals surface area contributed by atoms with E-state index in [1.165, 1.54) is 0 Å². The highest BCUT2D eigenvalue weighted by Crippen LogP contribution is 2.42. The van der Waals surface area contributed by atoms with E-state index in [9.17, 15) is 10.1 Å². The first kappa shape index (κ1) is 15.3. The molecule has 1 saturated heterocycles. The molecule has 0 saturated carbocycles. The lowest BCUT2D eigenvalue weighted by Gasteiger charge is -2.31. The summed E-state index contributed by atoms with van der Waals surface area (Å²) in [4.78, 5) is 11.1. The normalized spacial score (nSPS) is 21.5. The number of hydrogen-bond donors (Lipinski definition) is 0. The molecule has 0 amide bonds. The molecular weight excluding hydrogens is 354 g/mol. The predicted molar refractivity (Wildman–Crippen MR) is 83.6 cm³/mol. The number of fused-ring (bicyclic) bond motifs is 1. The minimum Gasteiger partial charge on any atom is -0.493 e. The summed E-state index contributed by atoms with van der Waals surface area (Å²) in [6.07, 6.45) is 2.53. The fourth-order valence-electron chi connectivity index (χ4n) is 2.92. The molecule has 0 bridgehead atoms. The summed E-state index contributed by atoms with van der Waals surface area (Å²) in [7, 11) is 1.56. The fourth-order valence-corrected chi connectivity index (χ4v) is 3.37. The summed E-state index contributed by atoms with van der Waals surface area (Å²) in [6.45, 7) is 1.22. The molecular formula is C15H16BrNO5. The van der Waals surface area contributed by atoms with Crippen LogP contribution in [0.1, 0.15) is 18.4 Å². The van der Waals surface area contributed by atoms with E-state index >= 15 is 0 Å². The number of ether oxygens (including phenoxy) is 3. The Labute approximate surface area is 136 Å². The van der Waals surface area contributed by atoms with E-state index in [4.69, 9.17) is 14.2 Å². The van der Waals surface area contributed by atoms with Crippen molar-refractivity contribution < 1.29 is 19.1 Å². The van der Waals surface area contributed by atoms with E-state index in [0.29, 0.717) is 30.3 Å². The third-order valence-electron chi connectivity index (χ3n) is 4.01. The maximum absolute atomic E-state index is 11.4. The molecule has 0 radical (unpaired) electrons. The smallest absolute Gasteiger partial charge is 0.287 e. The highest BCUT2D eigenvalue weighted by Gasteiger charge is 2.39. The van der Waals surface area contributed by atoms with Gasteiger partial charge in [0.2, 0.25) is 0 Å². The lowest BCUT2D eigenvalue weighted by molar-refractivity contribution is -0.435. The third kappa shape index (κ3) is 2.83. The molecule has 2 aliphatic heterocycles. The Morgan fingerprint density at radius 1 is 1.36 bits per heavy atom. The van der Waals surface area contributed by atoms with Crippen LogP contribution in [0.3, 0.4) is 0 Å². The van der Waals surface area contributed by atoms with Gasteiger partial charge in [-0.05, 0) is 25.0 Å². The van der Waals surface area contributed by atoms with Gasteiger partial charge in [-0.3, -0.25) is 10.1 Å². The average Bonchev–Trinajstić information content (AvgIpc) is 2.53. The summed E-state index contributed by atoms with van der Waals surface area (Å²) in [5.74, 6) is 1.21. The van der Waals surface area contributed by atoms with E-state index in [2.05, 4.69) is 15.9 Å². The van der Waals surface area contributed by atoms with Crippen LogP contribution in [0, 0.1) is 16.0 Å². The first-order chi connectivity index (χ1) is 10.6. The van der Waals surface area contributed by atoms with E-state index in [1.54, 1.807) is 25.3 Å². The van der Waals surface area contributed by atoms with Crippen molar-refractivity contribution in [1.29, 1.82) is 0 Å². The first-order valence-electron chi connectivity index (χ1n) is 7.08. The molecule has 1 fully saturated rings. The van der Waals surface area contributed by atoms with Crippen LogP contribution in [0.2, 0.25) is 0 Å². The minimum absolute atomic E-state index is 0.0758. The standard InChI is InChI=1S/C15H16BrNO5/c1-20-13-8-11(16)6-10-7-12(17(18)19)14(22-15(10)13)9-2-4-21-5-3-9/h6-9,14H,2-5H2,1H3. The van der Waals surface area contributed by atoms with Gasteiger partial charge < -0.3 is 14.2 Å². The van der Waals surface area contributed by atoms with Crippen molar-refractivity contribution in [2.75, 3.05) is 20.3 Å². The molecule has 1 aromatic carbocycles. The van der Waals surface area contributed by atoms with Crippen LogP contribution in [0.4, 0.5) is 0 Å². The third-order valence-corrected chi connectivity index (χ3v) is 4.47. The predicted octanol–water partition coefficient (Wildman–Crippen LogP) is 3.26. The Morgan fingerprint density at radius 2 is 2.09 bits per heavy atom. The SMILES string of the molecule is COc1cc(Br)cc2c1OC(C1CCOCC1)C([N+](=O)[O-])=C2. The van der Waals surface area contributed by atoms with Crippen molar-refractivity contribution in [2.45, 2.75) is 18.9 Å². The van der Waals surface area contributed by atoms with Gasteiger partial charge in [0.05, 0.1) is 12.0 Å². The number of benzene rings is 1. The van der Waals surface area contributed by atoms with E-state index in [1.807, 2.05) is 0 Å². The molecule has 0 aliphatic carbocycles. The number of halogens is 1. The minimum atomic E-state index is -0.568. The van der Waals surface area contributed by atoms with Gasteiger partial charge in [-0.2, -0.15) is 0 Å². The van der Waals surface area contributed by atoms with Crippen molar-refractivity contribution in [2.24, 2.45) is 5.92 Å². The molecule has 118 valence electrons. The molecule has 3 rings (SSSR count). The number of rotatable bonds is 3. The molecule has 0 N–H and O–H groups in total. The highest BCUT2D eigenvalue weighted by atomic mass is 79.9. The molecule has 2 heterocycles. The van der Waals surface area contributed by atoms with Gasteiger partial charge in [-0.1, -0.05) is 15.9 Å². The Balaban J connectivity index is 2.03. The molecule has 22 heavy (non-hydrogen) atoms. The van der Waals surface area contributed by atoms with Crippen molar-refractivity contribution in [3.8, 4) is 11.5 Å². The molecule has 1 atom stereocenters. The Hall–Kier alpha value is -1.60. The number of nitro groups is 1. The number of hydrogen-bond acceptors (Lipinski definition) is 5. The quantitative estimate of drug-likeness (QED) is 0.603. The zero-order valence-corrected chi connectivity index (χ0v) is 13.7. The lowest BCUT2D eigenvalue weighted by Crippen LogP contribution is -2.37. The molecule has 1 unspecified atom stereocenters. The van der Waals surface area contributed by atoms with Gasteiger partial charge in [0.25, 0.3) is 5.70 Å². The maximum atomic E-state index is 11.4. The summed E-state index contributed by atoms with van der Waals surface area (Å²) in [6, 6.07) is 3.59. The maximum Gasteiger partial charge on any atom is 0.287 e.